The average molecular weight is 482 g/mol. The maximum atomic E-state index is 11.8. The van der Waals surface area contributed by atoms with Crippen molar-refractivity contribution in [1.29, 1.82) is 0 Å². The third kappa shape index (κ3) is 8.99. The highest BCUT2D eigenvalue weighted by Gasteiger charge is 2.52. The number of benzene rings is 1. The molecule has 0 amide bonds. The molecule has 0 radical (unpaired) electrons. The van der Waals surface area contributed by atoms with E-state index in [1.165, 1.54) is 13.8 Å². The molecule has 34 heavy (non-hydrogen) atoms. The maximum Gasteiger partial charge on any atom is 0.303 e. The monoisotopic (exact) mass is 482 g/mol. The summed E-state index contributed by atoms with van der Waals surface area (Å²) in [4.78, 5) is 46.6. The third-order valence-electron chi connectivity index (χ3n) is 4.53. The van der Waals surface area contributed by atoms with Gasteiger partial charge in [0.2, 0.25) is 0 Å². The molecule has 0 unspecified atom stereocenters. The fraction of sp³-hybridized carbons (Fsp3) is 0.565. The van der Waals surface area contributed by atoms with Crippen LogP contribution in [0, 0.1) is 0 Å². The van der Waals surface area contributed by atoms with Crippen molar-refractivity contribution in [3.63, 3.8) is 0 Å². The molecule has 1 aliphatic rings. The molecular formula is C23H30O11. The van der Waals surface area contributed by atoms with Crippen LogP contribution in [-0.2, 0) is 47.6 Å². The summed E-state index contributed by atoms with van der Waals surface area (Å²) in [6.07, 6.45) is -5.50. The number of esters is 4. The normalized spacial score (nSPS) is 23.9. The zero-order valence-electron chi connectivity index (χ0n) is 19.6. The number of rotatable bonds is 11. The molecule has 188 valence electrons. The van der Waals surface area contributed by atoms with Gasteiger partial charge in [-0.25, -0.2) is 0 Å². The molecule has 0 spiro atoms. The Balaban J connectivity index is 2.15. The lowest BCUT2D eigenvalue weighted by Crippen LogP contribution is -2.63. The predicted octanol–water partition coefficient (Wildman–Crippen LogP) is 1.56. The molecule has 0 aliphatic carbocycles. The SMILES string of the molecule is CC(=O)OC[C@H]1O[C@@H](OCCCOc2ccccc2)[C@H](OC(C)=O)[C@@H](OC(C)=O)[C@@H]1OC(C)=O. The van der Waals surface area contributed by atoms with E-state index in [1.54, 1.807) is 0 Å². The second kappa shape index (κ2) is 13.5. The minimum atomic E-state index is -1.26. The predicted molar refractivity (Wildman–Crippen MR) is 114 cm³/mol. The fourth-order valence-electron chi connectivity index (χ4n) is 3.29. The molecule has 5 atom stereocenters. The summed E-state index contributed by atoms with van der Waals surface area (Å²) in [5.41, 5.74) is 0. The Morgan fingerprint density at radius 1 is 0.765 bits per heavy atom. The van der Waals surface area contributed by atoms with Gasteiger partial charge in [-0.3, -0.25) is 19.2 Å². The van der Waals surface area contributed by atoms with E-state index >= 15 is 0 Å². The largest absolute Gasteiger partial charge is 0.494 e. The number of hydrogen-bond acceptors (Lipinski definition) is 11. The molecule has 0 saturated carbocycles. The Hall–Kier alpha value is -3.18. The molecular weight excluding hydrogens is 452 g/mol. The highest BCUT2D eigenvalue weighted by Crippen LogP contribution is 2.30. The molecule has 1 saturated heterocycles. The minimum absolute atomic E-state index is 0.139. The van der Waals surface area contributed by atoms with Crippen LogP contribution >= 0.6 is 0 Å². The van der Waals surface area contributed by atoms with Gasteiger partial charge in [0, 0.05) is 34.1 Å². The van der Waals surface area contributed by atoms with E-state index < -0.39 is 54.6 Å². The fourth-order valence-corrected chi connectivity index (χ4v) is 3.29. The summed E-state index contributed by atoms with van der Waals surface area (Å²) in [5, 5.41) is 0. The lowest BCUT2D eigenvalue weighted by molar-refractivity contribution is -0.308. The first-order chi connectivity index (χ1) is 16.2. The van der Waals surface area contributed by atoms with Crippen LogP contribution in [-0.4, -0.2) is 74.4 Å². The van der Waals surface area contributed by atoms with Crippen LogP contribution in [0.15, 0.2) is 30.3 Å². The van der Waals surface area contributed by atoms with Gasteiger partial charge in [-0.15, -0.1) is 0 Å². The van der Waals surface area contributed by atoms with E-state index in [1.807, 2.05) is 30.3 Å². The van der Waals surface area contributed by atoms with Gasteiger partial charge in [0.05, 0.1) is 13.2 Å². The van der Waals surface area contributed by atoms with E-state index in [-0.39, 0.29) is 13.2 Å². The number of hydrogen-bond donors (Lipinski definition) is 0. The van der Waals surface area contributed by atoms with E-state index in [2.05, 4.69) is 0 Å². The molecule has 11 heteroatoms. The van der Waals surface area contributed by atoms with Gasteiger partial charge in [-0.2, -0.15) is 0 Å². The van der Waals surface area contributed by atoms with Crippen molar-refractivity contribution < 1.29 is 52.3 Å². The Morgan fingerprint density at radius 3 is 1.94 bits per heavy atom. The average Bonchev–Trinajstić information content (AvgIpc) is 2.75. The summed E-state index contributed by atoms with van der Waals surface area (Å²) < 4.78 is 38.3. The number of carbonyl (C=O) groups excluding carboxylic acids is 4. The van der Waals surface area contributed by atoms with Gasteiger partial charge < -0.3 is 33.2 Å². The topological polar surface area (TPSA) is 133 Å². The molecule has 1 aromatic rings. The third-order valence-corrected chi connectivity index (χ3v) is 4.53. The van der Waals surface area contributed by atoms with Crippen LogP contribution in [0.3, 0.4) is 0 Å². The highest BCUT2D eigenvalue weighted by molar-refractivity contribution is 5.68. The summed E-state index contributed by atoms with van der Waals surface area (Å²) in [7, 11) is 0. The Bertz CT molecular complexity index is 825. The van der Waals surface area contributed by atoms with Gasteiger partial charge >= 0.3 is 23.9 Å². The van der Waals surface area contributed by atoms with Crippen LogP contribution < -0.4 is 4.74 Å². The Morgan fingerprint density at radius 2 is 1.35 bits per heavy atom. The van der Waals surface area contributed by atoms with Crippen LogP contribution in [0.1, 0.15) is 34.1 Å². The Labute approximate surface area is 197 Å². The van der Waals surface area contributed by atoms with E-state index in [4.69, 9.17) is 33.2 Å². The molecule has 0 N–H and O–H groups in total. The van der Waals surface area contributed by atoms with Gasteiger partial charge in [-0.05, 0) is 12.1 Å². The maximum absolute atomic E-state index is 11.8. The molecule has 2 rings (SSSR count). The smallest absolute Gasteiger partial charge is 0.303 e. The van der Waals surface area contributed by atoms with Gasteiger partial charge in [0.25, 0.3) is 0 Å². The first-order valence-electron chi connectivity index (χ1n) is 10.8. The van der Waals surface area contributed by atoms with Gasteiger partial charge in [0.1, 0.15) is 18.5 Å². The Kier molecular flexibility index (Phi) is 10.8. The van der Waals surface area contributed by atoms with Crippen molar-refractivity contribution in [3.8, 4) is 5.75 Å². The summed E-state index contributed by atoms with van der Waals surface area (Å²) >= 11 is 0. The molecule has 1 heterocycles. The van der Waals surface area contributed by atoms with Crippen molar-refractivity contribution in [2.24, 2.45) is 0 Å². The first-order valence-corrected chi connectivity index (χ1v) is 10.8. The zero-order valence-corrected chi connectivity index (χ0v) is 19.6. The van der Waals surface area contributed by atoms with Crippen LogP contribution in [0.2, 0.25) is 0 Å². The molecule has 1 aliphatic heterocycles. The summed E-state index contributed by atoms with van der Waals surface area (Å²) in [5.74, 6) is -1.98. The second-order valence-electron chi connectivity index (χ2n) is 7.45. The van der Waals surface area contributed by atoms with Crippen molar-refractivity contribution >= 4 is 23.9 Å². The van der Waals surface area contributed by atoms with Crippen molar-refractivity contribution in [2.45, 2.75) is 64.8 Å². The lowest BCUT2D eigenvalue weighted by Gasteiger charge is -2.44. The van der Waals surface area contributed by atoms with Crippen LogP contribution in [0.25, 0.3) is 0 Å². The second-order valence-corrected chi connectivity index (χ2v) is 7.45. The van der Waals surface area contributed by atoms with Crippen LogP contribution in [0.4, 0.5) is 0 Å². The molecule has 1 aromatic carbocycles. The number of carbonyl (C=O) groups is 4. The summed E-state index contributed by atoms with van der Waals surface area (Å²) in [6, 6.07) is 9.22. The molecule has 11 nitrogen and oxygen atoms in total. The van der Waals surface area contributed by atoms with Gasteiger partial charge in [-0.1, -0.05) is 18.2 Å². The molecule has 0 bridgehead atoms. The molecule has 0 aromatic heterocycles. The van der Waals surface area contributed by atoms with Crippen molar-refractivity contribution in [3.05, 3.63) is 30.3 Å². The number of ether oxygens (including phenoxy) is 7. The molecule has 1 fully saturated rings. The first kappa shape index (κ1) is 27.1. The minimum Gasteiger partial charge on any atom is -0.494 e. The zero-order chi connectivity index (χ0) is 25.1. The van der Waals surface area contributed by atoms with E-state index in [9.17, 15) is 19.2 Å². The van der Waals surface area contributed by atoms with E-state index in [0.717, 1.165) is 13.8 Å². The lowest BCUT2D eigenvalue weighted by atomic mass is 9.98. The van der Waals surface area contributed by atoms with Gasteiger partial charge in [0.15, 0.2) is 24.6 Å². The number of para-hydroxylation sites is 1. The van der Waals surface area contributed by atoms with Crippen molar-refractivity contribution in [2.75, 3.05) is 19.8 Å². The quantitative estimate of drug-likeness (QED) is 0.258. The van der Waals surface area contributed by atoms with Crippen LogP contribution in [0.5, 0.6) is 5.75 Å². The highest BCUT2D eigenvalue weighted by atomic mass is 16.7. The van der Waals surface area contributed by atoms with E-state index in [0.29, 0.717) is 18.8 Å². The summed E-state index contributed by atoms with van der Waals surface area (Å²) in [6.45, 7) is 4.86. The van der Waals surface area contributed by atoms with Crippen molar-refractivity contribution in [1.82, 2.24) is 0 Å². The standard InChI is InChI=1S/C23H30O11/c1-14(24)30-13-19-20(31-15(2)25)21(32-16(3)26)22(33-17(4)27)23(34-19)29-12-8-11-28-18-9-6-5-7-10-18/h5-7,9-10,19-23H,8,11-13H2,1-4H3/t19-,20-,21+,22-,23-/m1/s1.